The van der Waals surface area contributed by atoms with Gasteiger partial charge in [0, 0.05) is 0 Å². The average Bonchev–Trinajstić information content (AvgIpc) is 3.06. The first-order chi connectivity index (χ1) is 16.4. The van der Waals surface area contributed by atoms with E-state index in [0.717, 1.165) is 28.1 Å². The van der Waals surface area contributed by atoms with E-state index in [4.69, 9.17) is 14.6 Å². The van der Waals surface area contributed by atoms with E-state index in [1.54, 1.807) is 25.1 Å². The number of fused-ring (bicyclic) bond motifs is 1. The minimum Gasteiger partial charge on any atom is -0.490 e. The first-order valence-electron chi connectivity index (χ1n) is 10.4. The molecule has 3 aromatic carbocycles. The van der Waals surface area contributed by atoms with E-state index in [0.29, 0.717) is 32.1 Å². The number of rotatable bonds is 8. The molecule has 174 valence electrons. The number of thioether (sulfide) groups is 1. The Labute approximate surface area is 213 Å². The van der Waals surface area contributed by atoms with Crippen molar-refractivity contribution in [2.24, 2.45) is 0 Å². The molecule has 2 amide bonds. The molecule has 1 fully saturated rings. The summed E-state index contributed by atoms with van der Waals surface area (Å²) in [5.74, 6) is -0.757. The summed E-state index contributed by atoms with van der Waals surface area (Å²) < 4.78 is 11.6. The van der Waals surface area contributed by atoms with Gasteiger partial charge in [0.15, 0.2) is 18.1 Å². The maximum atomic E-state index is 13.1. The lowest BCUT2D eigenvalue weighted by atomic mass is 10.0. The van der Waals surface area contributed by atoms with E-state index >= 15 is 0 Å². The van der Waals surface area contributed by atoms with Gasteiger partial charge in [0.25, 0.3) is 11.1 Å². The molecule has 1 saturated heterocycles. The Hall–Kier alpha value is -3.05. The van der Waals surface area contributed by atoms with Crippen molar-refractivity contribution in [2.45, 2.75) is 13.5 Å². The van der Waals surface area contributed by atoms with E-state index in [2.05, 4.69) is 0 Å². The monoisotopic (exact) mass is 589 g/mol. The van der Waals surface area contributed by atoms with Gasteiger partial charge in [0.2, 0.25) is 0 Å². The lowest BCUT2D eigenvalue weighted by Crippen LogP contribution is -2.27. The summed E-state index contributed by atoms with van der Waals surface area (Å²) in [4.78, 5) is 38.2. The number of aliphatic carboxylic acids is 1. The zero-order valence-electron chi connectivity index (χ0n) is 18.1. The van der Waals surface area contributed by atoms with Crippen molar-refractivity contribution in [1.29, 1.82) is 0 Å². The molecule has 0 aromatic heterocycles. The van der Waals surface area contributed by atoms with E-state index in [9.17, 15) is 14.4 Å². The quantitative estimate of drug-likeness (QED) is 0.272. The predicted octanol–water partition coefficient (Wildman–Crippen LogP) is 5.54. The molecular weight excluding hydrogens is 569 g/mol. The molecule has 0 radical (unpaired) electrons. The summed E-state index contributed by atoms with van der Waals surface area (Å²) in [6, 6.07) is 17.1. The number of carbonyl (C=O) groups is 3. The second-order valence-corrected chi connectivity index (χ2v) is 9.51. The molecule has 1 aliphatic heterocycles. The topological polar surface area (TPSA) is 93.1 Å². The maximum absolute atomic E-state index is 13.1. The third-order valence-corrected chi connectivity index (χ3v) is 6.76. The van der Waals surface area contributed by atoms with Crippen LogP contribution in [-0.2, 0) is 16.1 Å². The molecule has 0 unspecified atom stereocenters. The molecule has 0 saturated carbocycles. The number of carboxylic acid groups (broad SMARTS) is 1. The van der Waals surface area contributed by atoms with Crippen LogP contribution in [0.4, 0.5) is 4.79 Å². The Morgan fingerprint density at radius 3 is 2.65 bits per heavy atom. The van der Waals surface area contributed by atoms with Crippen LogP contribution in [0.25, 0.3) is 16.8 Å². The second-order valence-electron chi connectivity index (χ2n) is 7.35. The van der Waals surface area contributed by atoms with Gasteiger partial charge in [-0.2, -0.15) is 0 Å². The van der Waals surface area contributed by atoms with Crippen LogP contribution in [-0.4, -0.2) is 40.3 Å². The Bertz CT molecular complexity index is 1320. The average molecular weight is 589 g/mol. The molecule has 1 N–H and O–H groups in total. The van der Waals surface area contributed by atoms with Crippen molar-refractivity contribution in [2.75, 3.05) is 13.2 Å². The van der Waals surface area contributed by atoms with Crippen LogP contribution in [0.3, 0.4) is 0 Å². The second kappa shape index (κ2) is 10.5. The summed E-state index contributed by atoms with van der Waals surface area (Å²) in [5.41, 5.74) is 1.54. The van der Waals surface area contributed by atoms with E-state index in [1.807, 2.05) is 65.1 Å². The van der Waals surface area contributed by atoms with Gasteiger partial charge in [-0.25, -0.2) is 4.79 Å². The number of hydrogen-bond donors (Lipinski definition) is 1. The number of carboxylic acids is 1. The third kappa shape index (κ3) is 5.20. The van der Waals surface area contributed by atoms with Gasteiger partial charge in [0.05, 0.1) is 21.6 Å². The van der Waals surface area contributed by atoms with Crippen LogP contribution >= 0.6 is 34.4 Å². The van der Waals surface area contributed by atoms with Gasteiger partial charge in [-0.15, -0.1) is 0 Å². The maximum Gasteiger partial charge on any atom is 0.341 e. The van der Waals surface area contributed by atoms with Gasteiger partial charge in [0.1, 0.15) is 0 Å². The fourth-order valence-corrected chi connectivity index (χ4v) is 5.22. The molecule has 4 rings (SSSR count). The predicted molar refractivity (Wildman–Crippen MR) is 139 cm³/mol. The minimum atomic E-state index is -1.10. The fourth-order valence-electron chi connectivity index (χ4n) is 3.60. The minimum absolute atomic E-state index is 0.188. The van der Waals surface area contributed by atoms with E-state index in [1.165, 1.54) is 4.90 Å². The standard InChI is InChI=1S/C25H20INO6S/c1-2-32-20-11-15(10-19(26)23(20)33-14-22(28)29)12-21-24(30)27(25(31)34-21)13-17-8-5-7-16-6-3-4-9-18(16)17/h3-12H,2,13-14H2,1H3,(H,28,29)/b21-12+. The SMILES string of the molecule is CCOc1cc(/C=C2/SC(=O)N(Cc3cccc4ccccc34)C2=O)cc(I)c1OCC(=O)O. The summed E-state index contributed by atoms with van der Waals surface area (Å²) in [5, 5.41) is 10.6. The molecule has 0 atom stereocenters. The summed E-state index contributed by atoms with van der Waals surface area (Å²) in [6.07, 6.45) is 1.64. The third-order valence-electron chi connectivity index (χ3n) is 5.05. The number of ether oxygens (including phenoxy) is 2. The Morgan fingerprint density at radius 2 is 1.88 bits per heavy atom. The van der Waals surface area contributed by atoms with Crippen molar-refractivity contribution < 1.29 is 29.0 Å². The van der Waals surface area contributed by atoms with Gasteiger partial charge < -0.3 is 14.6 Å². The van der Waals surface area contributed by atoms with Gasteiger partial charge >= 0.3 is 5.97 Å². The van der Waals surface area contributed by atoms with Crippen molar-refractivity contribution in [3.05, 3.63) is 74.2 Å². The van der Waals surface area contributed by atoms with Crippen LogP contribution in [0.2, 0.25) is 0 Å². The Kier molecular flexibility index (Phi) is 7.42. The summed E-state index contributed by atoms with van der Waals surface area (Å²) in [7, 11) is 0. The molecular formula is C25H20INO6S. The molecule has 0 spiro atoms. The normalized spacial score (nSPS) is 14.8. The zero-order valence-corrected chi connectivity index (χ0v) is 21.1. The van der Waals surface area contributed by atoms with Gasteiger partial charge in [-0.3, -0.25) is 14.5 Å². The lowest BCUT2D eigenvalue weighted by molar-refractivity contribution is -0.139. The molecule has 1 heterocycles. The number of carbonyl (C=O) groups excluding carboxylic acids is 2. The number of hydrogen-bond acceptors (Lipinski definition) is 6. The number of imide groups is 1. The molecule has 0 aliphatic carbocycles. The first-order valence-corrected chi connectivity index (χ1v) is 12.3. The van der Waals surface area contributed by atoms with E-state index in [-0.39, 0.29) is 17.7 Å². The summed E-state index contributed by atoms with van der Waals surface area (Å²) in [6.45, 7) is 1.85. The first kappa shape index (κ1) is 24.1. The van der Waals surface area contributed by atoms with Gasteiger partial charge in [-0.05, 0) is 81.4 Å². The molecule has 3 aromatic rings. The zero-order chi connectivity index (χ0) is 24.2. The molecule has 9 heteroatoms. The van der Waals surface area contributed by atoms with Crippen LogP contribution in [0.5, 0.6) is 11.5 Å². The molecule has 7 nitrogen and oxygen atoms in total. The van der Waals surface area contributed by atoms with Crippen LogP contribution < -0.4 is 9.47 Å². The fraction of sp³-hybridized carbons (Fsp3) is 0.160. The highest BCUT2D eigenvalue weighted by atomic mass is 127. The number of benzene rings is 3. The highest BCUT2D eigenvalue weighted by Gasteiger charge is 2.35. The van der Waals surface area contributed by atoms with Crippen molar-refractivity contribution >= 4 is 68.3 Å². The van der Waals surface area contributed by atoms with Crippen molar-refractivity contribution in [3.63, 3.8) is 0 Å². The summed E-state index contributed by atoms with van der Waals surface area (Å²) >= 11 is 2.92. The van der Waals surface area contributed by atoms with Crippen molar-refractivity contribution in [1.82, 2.24) is 4.90 Å². The van der Waals surface area contributed by atoms with Gasteiger partial charge in [-0.1, -0.05) is 42.5 Å². The van der Waals surface area contributed by atoms with Crippen molar-refractivity contribution in [3.8, 4) is 11.5 Å². The number of nitrogens with zero attached hydrogens (tertiary/aromatic N) is 1. The highest BCUT2D eigenvalue weighted by molar-refractivity contribution is 14.1. The molecule has 1 aliphatic rings. The van der Waals surface area contributed by atoms with Crippen LogP contribution in [0, 0.1) is 3.57 Å². The smallest absolute Gasteiger partial charge is 0.341 e. The Morgan fingerprint density at radius 1 is 1.12 bits per heavy atom. The lowest BCUT2D eigenvalue weighted by Gasteiger charge is -2.14. The van der Waals surface area contributed by atoms with E-state index < -0.39 is 12.6 Å². The molecule has 34 heavy (non-hydrogen) atoms. The Balaban J connectivity index is 1.61. The largest absolute Gasteiger partial charge is 0.490 e. The van der Waals surface area contributed by atoms with Crippen LogP contribution in [0.1, 0.15) is 18.1 Å². The highest BCUT2D eigenvalue weighted by Crippen LogP contribution is 2.38. The molecule has 0 bridgehead atoms. The number of halogens is 1. The number of amides is 2. The van der Waals surface area contributed by atoms with Crippen LogP contribution in [0.15, 0.2) is 59.5 Å².